The van der Waals surface area contributed by atoms with E-state index in [-0.39, 0.29) is 24.2 Å². The van der Waals surface area contributed by atoms with Crippen LogP contribution in [0.25, 0.3) is 5.82 Å². The largest absolute Gasteiger partial charge is 0.374 e. The lowest BCUT2D eigenvalue weighted by molar-refractivity contribution is 0.282. The maximum absolute atomic E-state index is 13.8. The molecule has 10 heteroatoms. The number of halogens is 2. The third-order valence-corrected chi connectivity index (χ3v) is 6.77. The van der Waals surface area contributed by atoms with E-state index in [1.807, 2.05) is 48.9 Å². The van der Waals surface area contributed by atoms with Crippen LogP contribution in [0.3, 0.4) is 0 Å². The molecular formula is C25H32ClFN8. The molecule has 0 bridgehead atoms. The van der Waals surface area contributed by atoms with E-state index in [4.69, 9.17) is 5.73 Å². The van der Waals surface area contributed by atoms with Gasteiger partial charge in [-0.05, 0) is 55.6 Å². The molecule has 0 radical (unpaired) electrons. The van der Waals surface area contributed by atoms with Gasteiger partial charge in [-0.1, -0.05) is 12.1 Å². The zero-order valence-corrected chi connectivity index (χ0v) is 21.2. The quantitative estimate of drug-likeness (QED) is 0.577. The Kier molecular flexibility index (Phi) is 7.16. The van der Waals surface area contributed by atoms with Gasteiger partial charge in [0.15, 0.2) is 5.82 Å². The molecule has 2 N–H and O–H groups in total. The fourth-order valence-corrected chi connectivity index (χ4v) is 4.90. The van der Waals surface area contributed by atoms with E-state index >= 15 is 0 Å². The molecule has 1 aromatic carbocycles. The molecule has 2 aliphatic heterocycles. The van der Waals surface area contributed by atoms with Crippen molar-refractivity contribution in [1.29, 1.82) is 0 Å². The summed E-state index contributed by atoms with van der Waals surface area (Å²) >= 11 is 0. The molecule has 8 nitrogen and oxygen atoms in total. The van der Waals surface area contributed by atoms with Crippen LogP contribution in [-0.2, 0) is 12.8 Å². The summed E-state index contributed by atoms with van der Waals surface area (Å²) in [5.41, 5.74) is 10.4. The number of hydrogen-bond acceptors (Lipinski definition) is 7. The SMILES string of the molecule is Cc1c(C/C=C/N2CCN3c4cc(F)ccc4CCC3C2)cnn1-c1cc(N(C)C)nc(N)n1.Cl. The van der Waals surface area contributed by atoms with Gasteiger partial charge in [-0.25, -0.2) is 9.07 Å². The lowest BCUT2D eigenvalue weighted by Crippen LogP contribution is -2.53. The van der Waals surface area contributed by atoms with E-state index in [2.05, 4.69) is 37.1 Å². The topological polar surface area (TPSA) is 79.3 Å². The zero-order chi connectivity index (χ0) is 23.8. The second kappa shape index (κ2) is 10.1. The number of nitrogens with two attached hydrogens (primary N) is 1. The average Bonchev–Trinajstić information content (AvgIpc) is 3.18. The summed E-state index contributed by atoms with van der Waals surface area (Å²) in [6.07, 6.45) is 9.17. The molecule has 0 amide bonds. The van der Waals surface area contributed by atoms with Crippen LogP contribution in [0.15, 0.2) is 42.7 Å². The van der Waals surface area contributed by atoms with Gasteiger partial charge in [-0.3, -0.25) is 0 Å². The van der Waals surface area contributed by atoms with E-state index in [0.29, 0.717) is 11.9 Å². The first-order valence-electron chi connectivity index (χ1n) is 11.7. The van der Waals surface area contributed by atoms with E-state index in [1.165, 1.54) is 5.56 Å². The second-order valence-electron chi connectivity index (χ2n) is 9.25. The van der Waals surface area contributed by atoms with Gasteiger partial charge in [0.25, 0.3) is 0 Å². The molecule has 2 aliphatic rings. The maximum atomic E-state index is 13.8. The highest BCUT2D eigenvalue weighted by molar-refractivity contribution is 5.85. The third-order valence-electron chi connectivity index (χ3n) is 6.77. The number of fused-ring (bicyclic) bond motifs is 3. The minimum absolute atomic E-state index is 0. The van der Waals surface area contributed by atoms with E-state index in [1.54, 1.807) is 12.1 Å². The molecule has 186 valence electrons. The Morgan fingerprint density at radius 2 is 2.03 bits per heavy atom. The summed E-state index contributed by atoms with van der Waals surface area (Å²) in [5.74, 6) is 1.48. The van der Waals surface area contributed by atoms with Gasteiger partial charge in [0.05, 0.1) is 6.20 Å². The first-order chi connectivity index (χ1) is 16.4. The molecule has 0 saturated carbocycles. The van der Waals surface area contributed by atoms with Gasteiger partial charge in [-0.2, -0.15) is 15.1 Å². The molecule has 2 aromatic heterocycles. The Morgan fingerprint density at radius 3 is 2.83 bits per heavy atom. The molecule has 5 rings (SSSR count). The van der Waals surface area contributed by atoms with Crippen molar-refractivity contribution >= 4 is 29.9 Å². The summed E-state index contributed by atoms with van der Waals surface area (Å²) in [4.78, 5) is 15.3. The second-order valence-corrected chi connectivity index (χ2v) is 9.25. The predicted octanol–water partition coefficient (Wildman–Crippen LogP) is 3.37. The van der Waals surface area contributed by atoms with Crippen molar-refractivity contribution in [3.8, 4) is 5.82 Å². The molecule has 1 atom stereocenters. The first-order valence-corrected chi connectivity index (χ1v) is 11.7. The lowest BCUT2D eigenvalue weighted by atomic mass is 9.94. The monoisotopic (exact) mass is 498 g/mol. The fourth-order valence-electron chi connectivity index (χ4n) is 4.90. The molecule has 0 spiro atoms. The molecule has 1 fully saturated rings. The number of hydrogen-bond donors (Lipinski definition) is 1. The Balaban J connectivity index is 0.00000289. The van der Waals surface area contributed by atoms with Gasteiger partial charge >= 0.3 is 0 Å². The van der Waals surface area contributed by atoms with Crippen LogP contribution in [0.2, 0.25) is 0 Å². The van der Waals surface area contributed by atoms with Gasteiger partial charge in [0, 0.05) is 57.2 Å². The Labute approximate surface area is 211 Å². The number of aromatic nitrogens is 4. The summed E-state index contributed by atoms with van der Waals surface area (Å²) in [6.45, 7) is 4.83. The van der Waals surface area contributed by atoms with E-state index in [9.17, 15) is 4.39 Å². The van der Waals surface area contributed by atoms with E-state index < -0.39 is 0 Å². The number of nitrogens with zero attached hydrogens (tertiary/aromatic N) is 7. The third kappa shape index (κ3) is 5.05. The van der Waals surface area contributed by atoms with Crippen molar-refractivity contribution in [2.75, 3.05) is 49.3 Å². The molecule has 4 heterocycles. The number of allylic oxidation sites excluding steroid dienone is 1. The van der Waals surface area contributed by atoms with Crippen LogP contribution < -0.4 is 15.5 Å². The summed E-state index contributed by atoms with van der Waals surface area (Å²) in [6, 6.07) is 7.51. The number of anilines is 3. The lowest BCUT2D eigenvalue weighted by Gasteiger charge is -2.46. The standard InChI is InChI=1S/C25H31FN8.ClH/c1-17-19(15-28-34(17)24-14-23(31(2)3)29-25(27)30-24)5-4-10-32-11-12-33-21(16-32)9-7-18-6-8-20(26)13-22(18)33;/h4,6,8,10,13-15,21H,5,7,9,11-12,16H2,1-3H3,(H2,27,29,30);1H/b10-4+;. The summed E-state index contributed by atoms with van der Waals surface area (Å²) < 4.78 is 15.6. The molecular weight excluding hydrogens is 467 g/mol. The summed E-state index contributed by atoms with van der Waals surface area (Å²) in [5, 5.41) is 4.54. The highest BCUT2D eigenvalue weighted by Gasteiger charge is 2.30. The van der Waals surface area contributed by atoms with Crippen molar-refractivity contribution < 1.29 is 4.39 Å². The molecule has 35 heavy (non-hydrogen) atoms. The molecule has 0 aliphatic carbocycles. The van der Waals surface area contributed by atoms with Gasteiger partial charge in [0.1, 0.15) is 11.6 Å². The normalized spacial score (nSPS) is 17.2. The van der Waals surface area contributed by atoms with Gasteiger partial charge in [-0.15, -0.1) is 12.4 Å². The van der Waals surface area contributed by atoms with Crippen LogP contribution in [0.1, 0.15) is 23.2 Å². The van der Waals surface area contributed by atoms with Crippen LogP contribution in [0.5, 0.6) is 0 Å². The molecule has 1 saturated heterocycles. The van der Waals surface area contributed by atoms with Crippen molar-refractivity contribution in [2.45, 2.75) is 32.2 Å². The van der Waals surface area contributed by atoms with E-state index in [0.717, 1.165) is 61.7 Å². The van der Waals surface area contributed by atoms with Gasteiger partial charge < -0.3 is 20.4 Å². The average molecular weight is 499 g/mol. The van der Waals surface area contributed by atoms with Crippen molar-refractivity contribution in [3.05, 3.63) is 65.4 Å². The minimum atomic E-state index is -0.153. The predicted molar refractivity (Wildman–Crippen MR) is 140 cm³/mol. The Hall–Kier alpha value is -3.33. The first kappa shape index (κ1) is 24.8. The van der Waals surface area contributed by atoms with Crippen LogP contribution in [-0.4, -0.2) is 64.4 Å². The Morgan fingerprint density at radius 1 is 1.20 bits per heavy atom. The van der Waals surface area contributed by atoms with Crippen LogP contribution in [0, 0.1) is 12.7 Å². The highest BCUT2D eigenvalue weighted by atomic mass is 35.5. The Bertz CT molecular complexity index is 1220. The summed E-state index contributed by atoms with van der Waals surface area (Å²) in [7, 11) is 3.84. The maximum Gasteiger partial charge on any atom is 0.224 e. The zero-order valence-electron chi connectivity index (χ0n) is 20.4. The molecule has 3 aromatic rings. The smallest absolute Gasteiger partial charge is 0.224 e. The number of aryl methyl sites for hydroxylation is 1. The van der Waals surface area contributed by atoms with Crippen molar-refractivity contribution in [1.82, 2.24) is 24.6 Å². The number of benzene rings is 1. The fraction of sp³-hybridized carbons (Fsp3) is 0.400. The number of rotatable bonds is 5. The van der Waals surface area contributed by atoms with Crippen molar-refractivity contribution in [2.24, 2.45) is 0 Å². The number of nitrogen functional groups attached to an aromatic ring is 1. The van der Waals surface area contributed by atoms with Crippen LogP contribution in [0.4, 0.5) is 21.8 Å². The number of piperazine rings is 1. The van der Waals surface area contributed by atoms with Crippen molar-refractivity contribution in [3.63, 3.8) is 0 Å². The molecule has 1 unspecified atom stereocenters. The highest BCUT2D eigenvalue weighted by Crippen LogP contribution is 2.33. The van der Waals surface area contributed by atoms with Gasteiger partial charge in [0.2, 0.25) is 5.95 Å². The van der Waals surface area contributed by atoms with Crippen LogP contribution >= 0.6 is 12.4 Å². The minimum Gasteiger partial charge on any atom is -0.374 e.